The molecule has 0 amide bonds. The molecule has 0 saturated heterocycles. The van der Waals surface area contributed by atoms with Gasteiger partial charge >= 0.3 is 5.97 Å². The lowest BCUT2D eigenvalue weighted by molar-refractivity contribution is -0.139. The number of halogens is 1. The molecule has 2 N–H and O–H groups in total. The standard InChI is InChI=1S/C20H24ClNO3/c1-2-3-11-19(20(23)24)22-13-15-7-6-9-17(12-15)25-14-16-8-4-5-10-18(16)21/h4-10,12,19,22H,2-3,11,13-14H2,1H3,(H,23,24)/t19-/m0/s1. The van der Waals surface area contributed by atoms with Crippen LogP contribution in [0.2, 0.25) is 5.02 Å². The molecular weight excluding hydrogens is 338 g/mol. The van der Waals surface area contributed by atoms with E-state index in [0.29, 0.717) is 24.6 Å². The molecule has 2 aromatic rings. The van der Waals surface area contributed by atoms with Crippen molar-refractivity contribution in [1.82, 2.24) is 5.32 Å². The number of carboxylic acid groups (broad SMARTS) is 1. The molecule has 0 bridgehead atoms. The summed E-state index contributed by atoms with van der Waals surface area (Å²) in [5.74, 6) is -0.0702. The smallest absolute Gasteiger partial charge is 0.320 e. The van der Waals surface area contributed by atoms with Crippen LogP contribution in [0.1, 0.15) is 37.3 Å². The summed E-state index contributed by atoms with van der Waals surface area (Å²) in [7, 11) is 0. The molecule has 0 radical (unpaired) electrons. The molecule has 0 fully saturated rings. The van der Waals surface area contributed by atoms with E-state index in [1.165, 1.54) is 0 Å². The fourth-order valence-corrected chi connectivity index (χ4v) is 2.67. The predicted octanol–water partition coefficient (Wildman–Crippen LogP) is 4.65. The number of hydrogen-bond acceptors (Lipinski definition) is 3. The molecule has 0 heterocycles. The van der Waals surface area contributed by atoms with E-state index >= 15 is 0 Å². The van der Waals surface area contributed by atoms with Gasteiger partial charge in [-0.3, -0.25) is 4.79 Å². The Balaban J connectivity index is 1.92. The number of ether oxygens (including phenoxy) is 1. The molecule has 5 heteroatoms. The highest BCUT2D eigenvalue weighted by Crippen LogP contribution is 2.19. The van der Waals surface area contributed by atoms with E-state index in [0.717, 1.165) is 29.7 Å². The average molecular weight is 362 g/mol. The Hall–Kier alpha value is -2.04. The van der Waals surface area contributed by atoms with Crippen LogP contribution in [-0.2, 0) is 17.9 Å². The van der Waals surface area contributed by atoms with Crippen molar-refractivity contribution in [3.05, 3.63) is 64.7 Å². The SMILES string of the molecule is CCCC[C@H](NCc1cccc(OCc2ccccc2Cl)c1)C(=O)O. The fourth-order valence-electron chi connectivity index (χ4n) is 2.48. The molecular formula is C20H24ClNO3. The first-order valence-corrected chi connectivity index (χ1v) is 8.89. The van der Waals surface area contributed by atoms with Gasteiger partial charge in [0.25, 0.3) is 0 Å². The van der Waals surface area contributed by atoms with Crippen LogP contribution in [-0.4, -0.2) is 17.1 Å². The number of aliphatic carboxylic acids is 1. The summed E-state index contributed by atoms with van der Waals surface area (Å²) in [4.78, 5) is 11.3. The van der Waals surface area contributed by atoms with Crippen molar-refractivity contribution in [3.63, 3.8) is 0 Å². The van der Waals surface area contributed by atoms with Gasteiger partial charge in [0.05, 0.1) is 0 Å². The fraction of sp³-hybridized carbons (Fsp3) is 0.350. The van der Waals surface area contributed by atoms with Crippen LogP contribution in [0.5, 0.6) is 5.75 Å². The van der Waals surface area contributed by atoms with Gasteiger partial charge in [0.15, 0.2) is 0 Å². The van der Waals surface area contributed by atoms with E-state index in [1.807, 2.05) is 48.5 Å². The summed E-state index contributed by atoms with van der Waals surface area (Å²) in [6.07, 6.45) is 2.51. The highest BCUT2D eigenvalue weighted by molar-refractivity contribution is 6.31. The van der Waals surface area contributed by atoms with Crippen LogP contribution in [0.4, 0.5) is 0 Å². The maximum absolute atomic E-state index is 11.3. The molecule has 4 nitrogen and oxygen atoms in total. The van der Waals surface area contributed by atoms with Gasteiger partial charge in [0.1, 0.15) is 18.4 Å². The van der Waals surface area contributed by atoms with Crippen molar-refractivity contribution >= 4 is 17.6 Å². The number of rotatable bonds is 10. The molecule has 0 aliphatic carbocycles. The molecule has 0 aliphatic heterocycles. The minimum Gasteiger partial charge on any atom is -0.489 e. The van der Waals surface area contributed by atoms with Crippen LogP contribution in [0.25, 0.3) is 0 Å². The largest absolute Gasteiger partial charge is 0.489 e. The lowest BCUT2D eigenvalue weighted by Gasteiger charge is -2.14. The van der Waals surface area contributed by atoms with Gasteiger partial charge in [0, 0.05) is 17.1 Å². The van der Waals surface area contributed by atoms with Crippen LogP contribution < -0.4 is 10.1 Å². The molecule has 2 rings (SSSR count). The summed E-state index contributed by atoms with van der Waals surface area (Å²) in [5.41, 5.74) is 1.91. The number of unbranched alkanes of at least 4 members (excludes halogenated alkanes) is 1. The second kappa shape index (κ2) is 10.1. The molecule has 0 unspecified atom stereocenters. The van der Waals surface area contributed by atoms with E-state index in [2.05, 4.69) is 12.2 Å². The molecule has 25 heavy (non-hydrogen) atoms. The van der Waals surface area contributed by atoms with E-state index < -0.39 is 12.0 Å². The number of nitrogens with one attached hydrogen (secondary N) is 1. The Kier molecular flexibility index (Phi) is 7.76. The van der Waals surface area contributed by atoms with Gasteiger partial charge in [-0.25, -0.2) is 0 Å². The topological polar surface area (TPSA) is 58.6 Å². The highest BCUT2D eigenvalue weighted by atomic mass is 35.5. The van der Waals surface area contributed by atoms with E-state index in [9.17, 15) is 9.90 Å². The molecule has 0 spiro atoms. The Labute approximate surface area is 153 Å². The van der Waals surface area contributed by atoms with Gasteiger partial charge in [-0.2, -0.15) is 0 Å². The summed E-state index contributed by atoms with van der Waals surface area (Å²) in [6.45, 7) is 2.94. The van der Waals surface area contributed by atoms with E-state index in [1.54, 1.807) is 0 Å². The first-order valence-electron chi connectivity index (χ1n) is 8.51. The Bertz CT molecular complexity index is 690. The zero-order chi connectivity index (χ0) is 18.1. The van der Waals surface area contributed by atoms with Crippen LogP contribution >= 0.6 is 11.6 Å². The predicted molar refractivity (Wildman–Crippen MR) is 100 cm³/mol. The maximum atomic E-state index is 11.3. The first-order chi connectivity index (χ1) is 12.1. The van der Waals surface area contributed by atoms with E-state index in [4.69, 9.17) is 16.3 Å². The van der Waals surface area contributed by atoms with Crippen LogP contribution in [0, 0.1) is 0 Å². The number of benzene rings is 2. The van der Waals surface area contributed by atoms with Crippen LogP contribution in [0.15, 0.2) is 48.5 Å². The molecule has 0 aromatic heterocycles. The molecule has 1 atom stereocenters. The van der Waals surface area contributed by atoms with Crippen molar-refractivity contribution in [2.45, 2.75) is 45.4 Å². The molecule has 134 valence electrons. The number of carboxylic acids is 1. The Morgan fingerprint density at radius 3 is 2.76 bits per heavy atom. The summed E-state index contributed by atoms with van der Waals surface area (Å²) in [5, 5.41) is 13.1. The number of carbonyl (C=O) groups is 1. The quantitative estimate of drug-likeness (QED) is 0.646. The van der Waals surface area contributed by atoms with Crippen molar-refractivity contribution in [2.24, 2.45) is 0 Å². The van der Waals surface area contributed by atoms with Gasteiger partial charge in [-0.05, 0) is 30.2 Å². The molecule has 0 saturated carbocycles. The monoisotopic (exact) mass is 361 g/mol. The molecule has 0 aliphatic rings. The third-order valence-corrected chi connectivity index (χ3v) is 4.32. The summed E-state index contributed by atoms with van der Waals surface area (Å²) < 4.78 is 5.80. The maximum Gasteiger partial charge on any atom is 0.320 e. The normalized spacial score (nSPS) is 11.9. The van der Waals surface area contributed by atoms with Crippen molar-refractivity contribution < 1.29 is 14.6 Å². The lowest BCUT2D eigenvalue weighted by Crippen LogP contribution is -2.36. The third kappa shape index (κ3) is 6.40. The van der Waals surface area contributed by atoms with Gasteiger partial charge in [-0.1, -0.05) is 61.7 Å². The zero-order valence-electron chi connectivity index (χ0n) is 14.4. The van der Waals surface area contributed by atoms with Crippen LogP contribution in [0.3, 0.4) is 0 Å². The van der Waals surface area contributed by atoms with Gasteiger partial charge in [-0.15, -0.1) is 0 Å². The van der Waals surface area contributed by atoms with Crippen molar-refractivity contribution in [2.75, 3.05) is 0 Å². The van der Waals surface area contributed by atoms with Crippen molar-refractivity contribution in [1.29, 1.82) is 0 Å². The first kappa shape index (κ1) is 19.3. The van der Waals surface area contributed by atoms with Gasteiger partial charge < -0.3 is 15.2 Å². The second-order valence-electron chi connectivity index (χ2n) is 5.94. The zero-order valence-corrected chi connectivity index (χ0v) is 15.1. The highest BCUT2D eigenvalue weighted by Gasteiger charge is 2.15. The minimum absolute atomic E-state index is 0.394. The number of hydrogen-bond donors (Lipinski definition) is 2. The summed E-state index contributed by atoms with van der Waals surface area (Å²) in [6, 6.07) is 14.7. The molecule has 2 aromatic carbocycles. The average Bonchev–Trinajstić information content (AvgIpc) is 2.61. The van der Waals surface area contributed by atoms with Gasteiger partial charge in [0.2, 0.25) is 0 Å². The second-order valence-corrected chi connectivity index (χ2v) is 6.35. The Morgan fingerprint density at radius 1 is 1.24 bits per heavy atom. The minimum atomic E-state index is -0.806. The summed E-state index contributed by atoms with van der Waals surface area (Å²) >= 11 is 6.13. The van der Waals surface area contributed by atoms with Crippen molar-refractivity contribution in [3.8, 4) is 5.75 Å². The third-order valence-electron chi connectivity index (χ3n) is 3.95. The Morgan fingerprint density at radius 2 is 2.04 bits per heavy atom. The lowest BCUT2D eigenvalue weighted by atomic mass is 10.1. The van der Waals surface area contributed by atoms with E-state index in [-0.39, 0.29) is 0 Å².